The molecule has 0 rings (SSSR count). The second-order valence-electron chi connectivity index (χ2n) is 2.29. The summed E-state index contributed by atoms with van der Waals surface area (Å²) in [5.41, 5.74) is 13.0. The second-order valence-corrected chi connectivity index (χ2v) is 2.29. The Labute approximate surface area is 71.0 Å². The van der Waals surface area contributed by atoms with Crippen LogP contribution in [0.15, 0.2) is 5.11 Å². The minimum absolute atomic E-state index is 0.220. The summed E-state index contributed by atoms with van der Waals surface area (Å²) in [6, 6.07) is 0. The van der Waals surface area contributed by atoms with E-state index in [-0.39, 0.29) is 12.5 Å². The van der Waals surface area contributed by atoms with Gasteiger partial charge in [0.2, 0.25) is 5.91 Å². The summed E-state index contributed by atoms with van der Waals surface area (Å²) in [4.78, 5) is 14.9. The Hall–Kier alpha value is -1.26. The van der Waals surface area contributed by atoms with E-state index in [0.29, 0.717) is 13.1 Å². The molecule has 12 heavy (non-hydrogen) atoms. The van der Waals surface area contributed by atoms with Crippen LogP contribution in [0.4, 0.5) is 0 Å². The predicted molar refractivity (Wildman–Crippen MR) is 45.3 cm³/mol. The van der Waals surface area contributed by atoms with Crippen LogP contribution in [0.3, 0.4) is 0 Å². The zero-order valence-corrected chi connectivity index (χ0v) is 7.10. The van der Waals surface area contributed by atoms with Gasteiger partial charge in [-0.2, -0.15) is 0 Å². The van der Waals surface area contributed by atoms with Gasteiger partial charge in [0.05, 0.1) is 6.54 Å². The predicted octanol–water partition coefficient (Wildman–Crippen LogP) is 0.104. The molecule has 0 heterocycles. The first-order valence-corrected chi connectivity index (χ1v) is 3.72. The number of nitrogens with zero attached hydrogens (tertiary/aromatic N) is 4. The Bertz CT molecular complexity index is 186. The lowest BCUT2D eigenvalue weighted by Crippen LogP contribution is -2.35. The van der Waals surface area contributed by atoms with Crippen molar-refractivity contribution in [3.8, 4) is 0 Å². The van der Waals surface area contributed by atoms with E-state index in [2.05, 4.69) is 10.0 Å². The third-order valence-electron chi connectivity index (χ3n) is 1.41. The number of primary amides is 1. The van der Waals surface area contributed by atoms with Gasteiger partial charge in [-0.15, -0.1) is 0 Å². The van der Waals surface area contributed by atoms with Crippen molar-refractivity contribution in [2.45, 2.75) is 6.92 Å². The molecule has 0 radical (unpaired) electrons. The van der Waals surface area contributed by atoms with Crippen molar-refractivity contribution in [3.05, 3.63) is 10.4 Å². The molecule has 0 aromatic carbocycles. The van der Waals surface area contributed by atoms with Gasteiger partial charge in [-0.25, -0.2) is 0 Å². The summed E-state index contributed by atoms with van der Waals surface area (Å²) in [7, 11) is 0. The van der Waals surface area contributed by atoms with Crippen LogP contribution in [-0.2, 0) is 4.79 Å². The Morgan fingerprint density at radius 1 is 1.75 bits per heavy atom. The van der Waals surface area contributed by atoms with E-state index < -0.39 is 0 Å². The number of azide groups is 1. The molecule has 0 fully saturated rings. The molecule has 0 saturated heterocycles. The third-order valence-corrected chi connectivity index (χ3v) is 1.41. The third kappa shape index (κ3) is 5.52. The van der Waals surface area contributed by atoms with Crippen molar-refractivity contribution in [2.75, 3.05) is 26.2 Å². The number of carbonyl (C=O) groups is 1. The maximum Gasteiger partial charge on any atom is 0.231 e. The largest absolute Gasteiger partial charge is 0.369 e. The smallest absolute Gasteiger partial charge is 0.231 e. The second kappa shape index (κ2) is 6.45. The SMILES string of the molecule is CCN(CCN=[N+]=[N-])CC(N)=O. The molecule has 0 atom stereocenters. The van der Waals surface area contributed by atoms with Crippen LogP contribution in [0.2, 0.25) is 0 Å². The van der Waals surface area contributed by atoms with E-state index >= 15 is 0 Å². The fraction of sp³-hybridized carbons (Fsp3) is 0.833. The Kier molecular flexibility index (Phi) is 5.77. The summed E-state index contributed by atoms with van der Waals surface area (Å²) in [6.45, 7) is 3.81. The number of amides is 1. The van der Waals surface area contributed by atoms with Crippen molar-refractivity contribution < 1.29 is 4.79 Å². The fourth-order valence-corrected chi connectivity index (χ4v) is 0.800. The number of hydrogen-bond acceptors (Lipinski definition) is 3. The molecule has 68 valence electrons. The minimum atomic E-state index is -0.363. The molecule has 6 nitrogen and oxygen atoms in total. The summed E-state index contributed by atoms with van der Waals surface area (Å²) >= 11 is 0. The van der Waals surface area contributed by atoms with Crippen LogP contribution in [0.1, 0.15) is 6.92 Å². The van der Waals surface area contributed by atoms with E-state index in [4.69, 9.17) is 11.3 Å². The van der Waals surface area contributed by atoms with Gasteiger partial charge in [-0.1, -0.05) is 12.0 Å². The molecule has 0 aliphatic rings. The van der Waals surface area contributed by atoms with Gasteiger partial charge < -0.3 is 5.73 Å². The van der Waals surface area contributed by atoms with E-state index in [1.807, 2.05) is 11.8 Å². The quantitative estimate of drug-likeness (QED) is 0.348. The van der Waals surface area contributed by atoms with Crippen LogP contribution < -0.4 is 5.73 Å². The summed E-state index contributed by atoms with van der Waals surface area (Å²) in [5, 5.41) is 3.35. The van der Waals surface area contributed by atoms with Gasteiger partial charge in [0.25, 0.3) is 0 Å². The topological polar surface area (TPSA) is 95.1 Å². The van der Waals surface area contributed by atoms with Gasteiger partial charge in [0.1, 0.15) is 0 Å². The molecule has 0 spiro atoms. The molecule has 0 unspecified atom stereocenters. The lowest BCUT2D eigenvalue weighted by Gasteiger charge is -2.16. The first-order valence-electron chi connectivity index (χ1n) is 3.72. The summed E-state index contributed by atoms with van der Waals surface area (Å²) in [6.07, 6.45) is 0. The lowest BCUT2D eigenvalue weighted by molar-refractivity contribution is -0.119. The zero-order valence-electron chi connectivity index (χ0n) is 7.10. The fourth-order valence-electron chi connectivity index (χ4n) is 0.800. The zero-order chi connectivity index (χ0) is 9.40. The highest BCUT2D eigenvalue weighted by atomic mass is 16.1. The van der Waals surface area contributed by atoms with Crippen LogP contribution in [0, 0.1) is 0 Å². The van der Waals surface area contributed by atoms with Crippen molar-refractivity contribution in [2.24, 2.45) is 10.8 Å². The van der Waals surface area contributed by atoms with E-state index in [9.17, 15) is 4.79 Å². The standard InChI is InChI=1S/C6H13N5O/c1-2-11(5-6(7)12)4-3-9-10-8/h2-5H2,1H3,(H2,7,12). The average molecular weight is 171 g/mol. The van der Waals surface area contributed by atoms with Crippen molar-refractivity contribution in [1.29, 1.82) is 0 Å². The molecular weight excluding hydrogens is 158 g/mol. The molecule has 0 aromatic heterocycles. The highest BCUT2D eigenvalue weighted by Gasteiger charge is 2.03. The maximum absolute atomic E-state index is 10.5. The highest BCUT2D eigenvalue weighted by Crippen LogP contribution is 1.86. The van der Waals surface area contributed by atoms with Crippen molar-refractivity contribution >= 4 is 5.91 Å². The molecule has 2 N–H and O–H groups in total. The summed E-state index contributed by atoms with van der Waals surface area (Å²) in [5.74, 6) is -0.363. The molecule has 0 bridgehead atoms. The number of hydrogen-bond donors (Lipinski definition) is 1. The van der Waals surface area contributed by atoms with Gasteiger partial charge in [0.15, 0.2) is 0 Å². The van der Waals surface area contributed by atoms with Crippen LogP contribution in [0.25, 0.3) is 10.4 Å². The molecule has 0 saturated carbocycles. The van der Waals surface area contributed by atoms with Gasteiger partial charge in [-0.05, 0) is 12.1 Å². The van der Waals surface area contributed by atoms with Crippen molar-refractivity contribution in [3.63, 3.8) is 0 Å². The van der Waals surface area contributed by atoms with Crippen molar-refractivity contribution in [1.82, 2.24) is 4.90 Å². The molecule has 0 aliphatic carbocycles. The number of rotatable bonds is 6. The monoisotopic (exact) mass is 171 g/mol. The van der Waals surface area contributed by atoms with Gasteiger partial charge in [0, 0.05) is 18.0 Å². The Balaban J connectivity index is 3.66. The average Bonchev–Trinajstić information content (AvgIpc) is 2.02. The number of likely N-dealkylation sites (N-methyl/N-ethyl adjacent to an activating group) is 1. The van der Waals surface area contributed by atoms with Crippen LogP contribution >= 0.6 is 0 Å². The van der Waals surface area contributed by atoms with Crippen LogP contribution in [0.5, 0.6) is 0 Å². The molecule has 0 aromatic rings. The summed E-state index contributed by atoms with van der Waals surface area (Å²) < 4.78 is 0. The first kappa shape index (κ1) is 10.7. The van der Waals surface area contributed by atoms with Gasteiger partial charge in [-0.3, -0.25) is 9.69 Å². The number of carbonyl (C=O) groups excluding carboxylic acids is 1. The van der Waals surface area contributed by atoms with E-state index in [1.165, 1.54) is 0 Å². The highest BCUT2D eigenvalue weighted by molar-refractivity contribution is 5.75. The van der Waals surface area contributed by atoms with Crippen LogP contribution in [-0.4, -0.2) is 37.0 Å². The number of nitrogens with two attached hydrogens (primary N) is 1. The van der Waals surface area contributed by atoms with E-state index in [0.717, 1.165) is 6.54 Å². The maximum atomic E-state index is 10.5. The van der Waals surface area contributed by atoms with E-state index in [1.54, 1.807) is 0 Å². The lowest BCUT2D eigenvalue weighted by atomic mass is 10.4. The Morgan fingerprint density at radius 2 is 2.42 bits per heavy atom. The first-order chi connectivity index (χ1) is 5.70. The molecule has 1 amide bonds. The molecule has 0 aliphatic heterocycles. The van der Waals surface area contributed by atoms with Gasteiger partial charge >= 0.3 is 0 Å². The molecule has 6 heteroatoms. The normalized spacial score (nSPS) is 9.50. The minimum Gasteiger partial charge on any atom is -0.369 e. The Morgan fingerprint density at radius 3 is 2.83 bits per heavy atom. The molecular formula is C6H13N5O.